The summed E-state index contributed by atoms with van der Waals surface area (Å²) in [5, 5.41) is 9.18. The molecule has 0 saturated carbocycles. The Morgan fingerprint density at radius 1 is 1.27 bits per heavy atom. The zero-order valence-corrected chi connectivity index (χ0v) is 18.4. The molecule has 4 rings (SSSR count). The number of pyridine rings is 1. The van der Waals surface area contributed by atoms with Crippen molar-refractivity contribution in [3.63, 3.8) is 0 Å². The van der Waals surface area contributed by atoms with Crippen LogP contribution in [0.15, 0.2) is 52.4 Å². The van der Waals surface area contributed by atoms with Gasteiger partial charge in [-0.2, -0.15) is 0 Å². The smallest absolute Gasteiger partial charge is 0.276 e. The minimum absolute atomic E-state index is 0.0497. The first kappa shape index (κ1) is 21.1. The summed E-state index contributed by atoms with van der Waals surface area (Å²) >= 11 is 7.55. The second-order valence-electron chi connectivity index (χ2n) is 7.13. The van der Waals surface area contributed by atoms with Crippen molar-refractivity contribution in [2.24, 2.45) is 5.92 Å². The Morgan fingerprint density at radius 2 is 2.17 bits per heavy atom. The molecule has 1 aromatic carbocycles. The first-order valence-electron chi connectivity index (χ1n) is 9.42. The van der Waals surface area contributed by atoms with Gasteiger partial charge >= 0.3 is 0 Å². The Hall–Kier alpha value is -2.10. The van der Waals surface area contributed by atoms with E-state index in [0.29, 0.717) is 41.3 Å². The summed E-state index contributed by atoms with van der Waals surface area (Å²) in [6, 6.07) is 9.30. The van der Waals surface area contributed by atoms with Crippen LogP contribution in [-0.4, -0.2) is 35.1 Å². The summed E-state index contributed by atoms with van der Waals surface area (Å²) in [4.78, 5) is 4.09. The number of hydrogen-bond acceptors (Lipinski definition) is 8. The topological polar surface area (TPSA) is 95.2 Å². The van der Waals surface area contributed by atoms with E-state index >= 15 is 0 Å². The normalized spacial score (nSPS) is 17.8. The predicted octanol–water partition coefficient (Wildman–Crippen LogP) is 3.97. The Morgan fingerprint density at radius 3 is 2.93 bits per heavy atom. The van der Waals surface area contributed by atoms with Crippen molar-refractivity contribution in [2.45, 2.75) is 30.4 Å². The lowest BCUT2D eigenvalue weighted by Crippen LogP contribution is -2.07. The van der Waals surface area contributed by atoms with Crippen LogP contribution in [0.1, 0.15) is 23.4 Å². The molecule has 1 aliphatic rings. The lowest BCUT2D eigenvalue weighted by atomic mass is 10.1. The fourth-order valence-corrected chi connectivity index (χ4v) is 6.06. The molecule has 1 unspecified atom stereocenters. The van der Waals surface area contributed by atoms with Gasteiger partial charge in [0.15, 0.2) is 9.84 Å². The minimum Gasteiger partial charge on any atom is -0.489 e. The first-order chi connectivity index (χ1) is 14.5. The first-order valence-corrected chi connectivity index (χ1v) is 12.6. The fraction of sp³-hybridized carbons (Fsp3) is 0.350. The highest BCUT2D eigenvalue weighted by Crippen LogP contribution is 2.31. The number of hydrogen-bond donors (Lipinski definition) is 0. The van der Waals surface area contributed by atoms with E-state index in [0.717, 1.165) is 16.9 Å². The molecule has 7 nitrogen and oxygen atoms in total. The highest BCUT2D eigenvalue weighted by atomic mass is 35.5. The zero-order valence-electron chi connectivity index (χ0n) is 16.0. The average molecular weight is 466 g/mol. The number of halogens is 1. The summed E-state index contributed by atoms with van der Waals surface area (Å²) in [7, 11) is -2.91. The van der Waals surface area contributed by atoms with Crippen LogP contribution >= 0.6 is 23.4 Å². The summed E-state index contributed by atoms with van der Waals surface area (Å²) in [6.07, 6.45) is 4.62. The van der Waals surface area contributed by atoms with Crippen LogP contribution < -0.4 is 4.74 Å². The van der Waals surface area contributed by atoms with Gasteiger partial charge in [-0.15, -0.1) is 10.2 Å². The third kappa shape index (κ3) is 5.74. The van der Waals surface area contributed by atoms with Crippen LogP contribution in [0.25, 0.3) is 0 Å². The zero-order chi connectivity index (χ0) is 21.0. The third-order valence-electron chi connectivity index (χ3n) is 4.73. The molecule has 0 radical (unpaired) electrons. The molecule has 0 bridgehead atoms. The van der Waals surface area contributed by atoms with Crippen molar-refractivity contribution in [2.75, 3.05) is 11.5 Å². The molecule has 30 heavy (non-hydrogen) atoms. The van der Waals surface area contributed by atoms with E-state index in [4.69, 9.17) is 20.8 Å². The Labute approximate surface area is 184 Å². The van der Waals surface area contributed by atoms with Crippen LogP contribution in [0.2, 0.25) is 5.02 Å². The quantitative estimate of drug-likeness (QED) is 0.461. The lowest BCUT2D eigenvalue weighted by molar-refractivity contribution is 0.303. The van der Waals surface area contributed by atoms with Crippen LogP contribution in [0.4, 0.5) is 0 Å². The summed E-state index contributed by atoms with van der Waals surface area (Å²) in [5.74, 6) is 2.23. The molecule has 1 atom stereocenters. The van der Waals surface area contributed by atoms with Crippen LogP contribution in [0.3, 0.4) is 0 Å². The van der Waals surface area contributed by atoms with E-state index in [1.165, 1.54) is 11.8 Å². The van der Waals surface area contributed by atoms with E-state index in [9.17, 15) is 8.42 Å². The maximum atomic E-state index is 11.6. The SMILES string of the molecule is O=S1(=O)CCC(Cc2nnc(SCc3cc(Cl)ccc3OCc3cccnc3)o2)C1. The number of aromatic nitrogens is 3. The van der Waals surface area contributed by atoms with E-state index < -0.39 is 9.84 Å². The van der Waals surface area contributed by atoms with Crippen LogP contribution in [0.5, 0.6) is 5.75 Å². The van der Waals surface area contributed by atoms with Crippen LogP contribution in [0, 0.1) is 5.92 Å². The fourth-order valence-electron chi connectivity index (χ4n) is 3.24. The monoisotopic (exact) mass is 465 g/mol. The van der Waals surface area contributed by atoms with Gasteiger partial charge in [0.2, 0.25) is 5.89 Å². The predicted molar refractivity (Wildman–Crippen MR) is 114 cm³/mol. The maximum absolute atomic E-state index is 11.6. The average Bonchev–Trinajstić information content (AvgIpc) is 3.32. The van der Waals surface area contributed by atoms with E-state index in [-0.39, 0.29) is 17.4 Å². The Kier molecular flexibility index (Phi) is 6.60. The molecule has 3 heterocycles. The highest BCUT2D eigenvalue weighted by Gasteiger charge is 2.29. The molecule has 0 spiro atoms. The molecule has 0 aliphatic carbocycles. The molecule has 3 aromatic rings. The van der Waals surface area contributed by atoms with E-state index in [1.807, 2.05) is 24.3 Å². The highest BCUT2D eigenvalue weighted by molar-refractivity contribution is 7.98. The van der Waals surface area contributed by atoms with Crippen molar-refractivity contribution in [1.29, 1.82) is 0 Å². The largest absolute Gasteiger partial charge is 0.489 e. The molecule has 10 heteroatoms. The molecule has 0 N–H and O–H groups in total. The number of thioether (sulfide) groups is 1. The Balaban J connectivity index is 1.36. The van der Waals surface area contributed by atoms with Crippen LogP contribution in [-0.2, 0) is 28.6 Å². The van der Waals surface area contributed by atoms with Gasteiger partial charge in [0.05, 0.1) is 11.5 Å². The van der Waals surface area contributed by atoms with Gasteiger partial charge < -0.3 is 9.15 Å². The van der Waals surface area contributed by atoms with Crippen molar-refractivity contribution < 1.29 is 17.6 Å². The molecule has 1 saturated heterocycles. The molecule has 1 aliphatic heterocycles. The summed E-state index contributed by atoms with van der Waals surface area (Å²) in [5.41, 5.74) is 1.89. The molecule has 0 amide bonds. The number of nitrogens with zero attached hydrogens (tertiary/aromatic N) is 3. The minimum atomic E-state index is -2.91. The van der Waals surface area contributed by atoms with Crippen molar-refractivity contribution in [3.05, 3.63) is 64.8 Å². The number of ether oxygens (including phenoxy) is 1. The van der Waals surface area contributed by atoms with Crippen molar-refractivity contribution >= 4 is 33.2 Å². The standard InChI is InChI=1S/C20H20ClN3O4S2/c21-17-3-4-18(27-11-15-2-1-6-22-10-15)16(9-17)12-29-20-24-23-19(28-20)8-14-5-7-30(25,26)13-14/h1-4,6,9-10,14H,5,7-8,11-13H2. The van der Waals surface area contributed by atoms with Crippen molar-refractivity contribution in [3.8, 4) is 5.75 Å². The second-order valence-corrected chi connectivity index (χ2v) is 10.7. The molecular weight excluding hydrogens is 446 g/mol. The number of sulfone groups is 1. The summed E-state index contributed by atoms with van der Waals surface area (Å²) in [6.45, 7) is 0.405. The van der Waals surface area contributed by atoms with E-state index in [2.05, 4.69) is 15.2 Å². The van der Waals surface area contributed by atoms with Gasteiger partial charge in [0.25, 0.3) is 5.22 Å². The molecule has 158 valence electrons. The van der Waals surface area contributed by atoms with Gasteiger partial charge in [0.1, 0.15) is 12.4 Å². The van der Waals surface area contributed by atoms with Gasteiger partial charge in [-0.05, 0) is 36.6 Å². The molecular formula is C20H20ClN3O4S2. The van der Waals surface area contributed by atoms with Gasteiger partial charge in [0, 0.05) is 40.7 Å². The van der Waals surface area contributed by atoms with Gasteiger partial charge in [-0.25, -0.2) is 8.42 Å². The number of rotatable bonds is 8. The molecule has 2 aromatic heterocycles. The van der Waals surface area contributed by atoms with Gasteiger partial charge in [-0.3, -0.25) is 4.98 Å². The molecule has 1 fully saturated rings. The summed E-state index contributed by atoms with van der Waals surface area (Å²) < 4.78 is 34.8. The Bertz CT molecular complexity index is 1110. The second kappa shape index (κ2) is 9.36. The van der Waals surface area contributed by atoms with E-state index in [1.54, 1.807) is 18.5 Å². The number of benzene rings is 1. The third-order valence-corrected chi connectivity index (χ3v) is 7.67. The maximum Gasteiger partial charge on any atom is 0.276 e. The van der Waals surface area contributed by atoms with Gasteiger partial charge in [-0.1, -0.05) is 29.4 Å². The van der Waals surface area contributed by atoms with Crippen molar-refractivity contribution in [1.82, 2.24) is 15.2 Å². The lowest BCUT2D eigenvalue weighted by Gasteiger charge is -2.11.